The molecule has 4 heteroatoms. The molecule has 104 valence electrons. The number of ether oxygens (including phenoxy) is 1. The van der Waals surface area contributed by atoms with Gasteiger partial charge in [0.1, 0.15) is 18.3 Å². The molecule has 19 heavy (non-hydrogen) atoms. The van der Waals surface area contributed by atoms with E-state index in [9.17, 15) is 4.79 Å². The van der Waals surface area contributed by atoms with E-state index in [0.717, 1.165) is 17.7 Å². The van der Waals surface area contributed by atoms with Gasteiger partial charge < -0.3 is 10.1 Å². The van der Waals surface area contributed by atoms with Crippen molar-refractivity contribution in [2.24, 2.45) is 5.92 Å². The van der Waals surface area contributed by atoms with Crippen LogP contribution in [0.25, 0.3) is 0 Å². The van der Waals surface area contributed by atoms with Gasteiger partial charge in [0.25, 0.3) is 0 Å². The van der Waals surface area contributed by atoms with Gasteiger partial charge in [-0.2, -0.15) is 0 Å². The van der Waals surface area contributed by atoms with Gasteiger partial charge in [-0.3, -0.25) is 4.79 Å². The average Bonchev–Trinajstić information content (AvgIpc) is 2.81. The Morgan fingerprint density at radius 2 is 2.21 bits per heavy atom. The molecule has 1 aliphatic rings. The van der Waals surface area contributed by atoms with Crippen LogP contribution in [0.1, 0.15) is 31.7 Å². The van der Waals surface area contributed by atoms with Crippen molar-refractivity contribution in [1.82, 2.24) is 5.32 Å². The second-order valence-corrected chi connectivity index (χ2v) is 5.70. The predicted molar refractivity (Wildman–Crippen MR) is 76.8 cm³/mol. The van der Waals surface area contributed by atoms with Gasteiger partial charge in [-0.25, -0.2) is 0 Å². The fourth-order valence-electron chi connectivity index (χ4n) is 2.41. The summed E-state index contributed by atoms with van der Waals surface area (Å²) < 4.78 is 5.53. The monoisotopic (exact) mass is 281 g/mol. The van der Waals surface area contributed by atoms with E-state index in [1.165, 1.54) is 0 Å². The fourth-order valence-corrected chi connectivity index (χ4v) is 2.61. The first-order chi connectivity index (χ1) is 9.11. The van der Waals surface area contributed by atoms with Crippen LogP contribution in [0.2, 0.25) is 0 Å². The van der Waals surface area contributed by atoms with Crippen LogP contribution in [0, 0.1) is 5.92 Å². The van der Waals surface area contributed by atoms with E-state index in [0.29, 0.717) is 18.4 Å². The molecule has 1 aliphatic heterocycles. The number of benzene rings is 1. The Morgan fingerprint density at radius 1 is 1.47 bits per heavy atom. The molecular formula is C15H20ClNO2. The molecule has 0 radical (unpaired) electrons. The van der Waals surface area contributed by atoms with Crippen molar-refractivity contribution in [2.45, 2.75) is 32.2 Å². The number of halogens is 1. The lowest BCUT2D eigenvalue weighted by atomic mass is 9.99. The third-order valence-electron chi connectivity index (χ3n) is 3.30. The Hall–Kier alpha value is -1.22. The van der Waals surface area contributed by atoms with E-state index >= 15 is 0 Å². The van der Waals surface area contributed by atoms with Crippen molar-refractivity contribution in [2.75, 3.05) is 12.5 Å². The summed E-state index contributed by atoms with van der Waals surface area (Å²) in [5, 5.41) is 3.03. The van der Waals surface area contributed by atoms with Crippen LogP contribution < -0.4 is 10.1 Å². The third-order valence-corrected chi connectivity index (χ3v) is 3.68. The van der Waals surface area contributed by atoms with Crippen molar-refractivity contribution < 1.29 is 9.53 Å². The Kier molecular flexibility index (Phi) is 4.70. The largest absolute Gasteiger partial charge is 0.492 e. The molecule has 1 aromatic rings. The quantitative estimate of drug-likeness (QED) is 0.843. The Labute approximate surface area is 119 Å². The van der Waals surface area contributed by atoms with Crippen LogP contribution in [0.15, 0.2) is 24.3 Å². The van der Waals surface area contributed by atoms with Crippen molar-refractivity contribution >= 4 is 17.5 Å². The van der Waals surface area contributed by atoms with Crippen LogP contribution >= 0.6 is 11.6 Å². The van der Waals surface area contributed by atoms with Gasteiger partial charge in [0.2, 0.25) is 5.91 Å². The van der Waals surface area contributed by atoms with E-state index in [1.54, 1.807) is 0 Å². The summed E-state index contributed by atoms with van der Waals surface area (Å²) in [5.41, 5.74) is 0.970. The predicted octanol–water partition coefficient (Wildman–Crippen LogP) is 2.93. The standard InChI is InChI=1S/C15H20ClNO2/c1-10(2)7-11(8-16)17-15(18)13-9-19-14-6-4-3-5-12(13)14/h3-6,10-11,13H,7-9H2,1-2H3,(H,17,18). The van der Waals surface area contributed by atoms with Gasteiger partial charge >= 0.3 is 0 Å². The Morgan fingerprint density at radius 3 is 2.89 bits per heavy atom. The number of fused-ring (bicyclic) bond motifs is 1. The van der Waals surface area contributed by atoms with Gasteiger partial charge in [-0.1, -0.05) is 32.0 Å². The van der Waals surface area contributed by atoms with Gasteiger partial charge in [-0.05, 0) is 18.4 Å². The van der Waals surface area contributed by atoms with E-state index < -0.39 is 0 Å². The van der Waals surface area contributed by atoms with Crippen LogP contribution in [-0.2, 0) is 4.79 Å². The highest BCUT2D eigenvalue weighted by Crippen LogP contribution is 2.33. The molecule has 2 rings (SSSR count). The summed E-state index contributed by atoms with van der Waals surface area (Å²) in [7, 11) is 0. The lowest BCUT2D eigenvalue weighted by Crippen LogP contribution is -2.40. The Balaban J connectivity index is 2.01. The molecule has 1 aromatic carbocycles. The zero-order valence-electron chi connectivity index (χ0n) is 11.4. The summed E-state index contributed by atoms with van der Waals surface area (Å²) in [6, 6.07) is 7.72. The molecule has 1 N–H and O–H groups in total. The minimum atomic E-state index is -0.214. The molecule has 0 aliphatic carbocycles. The van der Waals surface area contributed by atoms with Gasteiger partial charge in [0, 0.05) is 17.5 Å². The molecular weight excluding hydrogens is 262 g/mol. The number of hydrogen-bond donors (Lipinski definition) is 1. The normalized spacial score (nSPS) is 18.8. The van der Waals surface area contributed by atoms with Gasteiger partial charge in [-0.15, -0.1) is 11.6 Å². The highest BCUT2D eigenvalue weighted by molar-refractivity contribution is 6.18. The molecule has 1 amide bonds. The number of nitrogens with one attached hydrogen (secondary N) is 1. The maximum atomic E-state index is 12.3. The number of amides is 1. The van der Waals surface area contributed by atoms with E-state index in [-0.39, 0.29) is 17.9 Å². The molecule has 0 fully saturated rings. The lowest BCUT2D eigenvalue weighted by Gasteiger charge is -2.20. The van der Waals surface area contributed by atoms with Crippen LogP contribution in [0.5, 0.6) is 5.75 Å². The van der Waals surface area contributed by atoms with Crippen LogP contribution in [-0.4, -0.2) is 24.4 Å². The maximum Gasteiger partial charge on any atom is 0.231 e. The maximum absolute atomic E-state index is 12.3. The Bertz CT molecular complexity index is 448. The third kappa shape index (κ3) is 3.41. The topological polar surface area (TPSA) is 38.3 Å². The fraction of sp³-hybridized carbons (Fsp3) is 0.533. The molecule has 0 bridgehead atoms. The van der Waals surface area contributed by atoms with Crippen molar-refractivity contribution in [3.8, 4) is 5.75 Å². The molecule has 2 atom stereocenters. The number of carbonyl (C=O) groups excluding carboxylic acids is 1. The summed E-state index contributed by atoms with van der Waals surface area (Å²) in [6.07, 6.45) is 0.893. The van der Waals surface area contributed by atoms with Gasteiger partial charge in [0.15, 0.2) is 0 Å². The molecule has 0 aromatic heterocycles. The summed E-state index contributed by atoms with van der Waals surface area (Å²) in [4.78, 5) is 12.3. The molecule has 3 nitrogen and oxygen atoms in total. The summed E-state index contributed by atoms with van der Waals surface area (Å²) in [5.74, 6) is 1.56. The minimum Gasteiger partial charge on any atom is -0.492 e. The summed E-state index contributed by atoms with van der Waals surface area (Å²) >= 11 is 5.92. The first kappa shape index (κ1) is 14.2. The van der Waals surface area contributed by atoms with Crippen LogP contribution in [0.3, 0.4) is 0 Å². The van der Waals surface area contributed by atoms with Crippen LogP contribution in [0.4, 0.5) is 0 Å². The van der Waals surface area contributed by atoms with Gasteiger partial charge in [0.05, 0.1) is 0 Å². The molecule has 0 saturated heterocycles. The smallest absolute Gasteiger partial charge is 0.231 e. The average molecular weight is 282 g/mol. The number of rotatable bonds is 5. The summed E-state index contributed by atoms with van der Waals surface area (Å²) in [6.45, 7) is 4.67. The number of alkyl halides is 1. The SMILES string of the molecule is CC(C)CC(CCl)NC(=O)C1COc2ccccc21. The molecule has 0 saturated carbocycles. The van der Waals surface area contributed by atoms with E-state index in [2.05, 4.69) is 19.2 Å². The van der Waals surface area contributed by atoms with Crippen molar-refractivity contribution in [3.63, 3.8) is 0 Å². The molecule has 1 heterocycles. The second-order valence-electron chi connectivity index (χ2n) is 5.39. The minimum absolute atomic E-state index is 0.0104. The zero-order chi connectivity index (χ0) is 13.8. The van der Waals surface area contributed by atoms with E-state index in [1.807, 2.05) is 24.3 Å². The molecule has 0 spiro atoms. The number of para-hydroxylation sites is 1. The number of hydrogen-bond acceptors (Lipinski definition) is 2. The first-order valence-corrected chi connectivity index (χ1v) is 7.23. The van der Waals surface area contributed by atoms with Crippen molar-refractivity contribution in [1.29, 1.82) is 0 Å². The highest BCUT2D eigenvalue weighted by Gasteiger charge is 2.31. The highest BCUT2D eigenvalue weighted by atomic mass is 35.5. The lowest BCUT2D eigenvalue weighted by molar-refractivity contribution is -0.123. The zero-order valence-corrected chi connectivity index (χ0v) is 12.1. The molecule has 2 unspecified atom stereocenters. The van der Waals surface area contributed by atoms with E-state index in [4.69, 9.17) is 16.3 Å². The second kappa shape index (κ2) is 6.29. The van der Waals surface area contributed by atoms with Crippen molar-refractivity contribution in [3.05, 3.63) is 29.8 Å². The first-order valence-electron chi connectivity index (χ1n) is 6.70. The number of carbonyl (C=O) groups is 1.